The average molecular weight is 353 g/mol. The Bertz CT molecular complexity index is 975. The Morgan fingerprint density at radius 1 is 1.15 bits per heavy atom. The minimum atomic E-state index is -0.464. The molecule has 3 rings (SSSR count). The predicted molar refractivity (Wildman–Crippen MR) is 92.6 cm³/mol. The van der Waals surface area contributed by atoms with Crippen molar-refractivity contribution in [1.29, 1.82) is 0 Å². The lowest BCUT2D eigenvalue weighted by atomic mass is 10.2. The summed E-state index contributed by atoms with van der Waals surface area (Å²) in [6, 6.07) is 12.5. The number of benzene rings is 1. The maximum Gasteiger partial charge on any atom is 0.337 e. The van der Waals surface area contributed by atoms with Crippen molar-refractivity contribution in [2.45, 2.75) is 6.54 Å². The predicted octanol–water partition coefficient (Wildman–Crippen LogP) is 1.93. The summed E-state index contributed by atoms with van der Waals surface area (Å²) in [7, 11) is 1.29. The number of aromatic nitrogens is 2. The average Bonchev–Trinajstić information content (AvgIpc) is 3.18. The molecule has 8 heteroatoms. The number of anilines is 1. The van der Waals surface area contributed by atoms with Crippen LogP contribution in [0.2, 0.25) is 0 Å². The van der Waals surface area contributed by atoms with Crippen LogP contribution < -0.4 is 10.9 Å². The standard InChI is InChI=1S/C18H15N3O5/c1-25-18(24)12-4-6-13(7-5-12)19-16(22)11-21-17(23)9-8-14(20-21)15-3-2-10-26-15/h2-10H,11H2,1H3,(H,19,22). The zero-order valence-corrected chi connectivity index (χ0v) is 13.8. The van der Waals surface area contributed by atoms with Crippen LogP contribution in [0.3, 0.4) is 0 Å². The van der Waals surface area contributed by atoms with Crippen molar-refractivity contribution in [2.24, 2.45) is 0 Å². The Balaban J connectivity index is 1.71. The Morgan fingerprint density at radius 3 is 2.58 bits per heavy atom. The van der Waals surface area contributed by atoms with Crippen LogP contribution in [0.25, 0.3) is 11.5 Å². The van der Waals surface area contributed by atoms with Gasteiger partial charge in [-0.1, -0.05) is 0 Å². The number of ether oxygens (including phenoxy) is 1. The molecule has 132 valence electrons. The Morgan fingerprint density at radius 2 is 1.92 bits per heavy atom. The SMILES string of the molecule is COC(=O)c1ccc(NC(=O)Cn2nc(-c3ccco3)ccc2=O)cc1. The van der Waals surface area contributed by atoms with Gasteiger partial charge in [-0.05, 0) is 42.5 Å². The molecule has 8 nitrogen and oxygen atoms in total. The Hall–Kier alpha value is -3.68. The second-order valence-corrected chi connectivity index (χ2v) is 5.31. The molecule has 0 aliphatic rings. The van der Waals surface area contributed by atoms with Crippen molar-refractivity contribution in [3.05, 3.63) is 70.7 Å². The van der Waals surface area contributed by atoms with Gasteiger partial charge < -0.3 is 14.5 Å². The largest absolute Gasteiger partial charge is 0.465 e. The normalized spacial score (nSPS) is 10.3. The number of hydrogen-bond donors (Lipinski definition) is 1. The maximum absolute atomic E-state index is 12.2. The molecule has 2 aromatic heterocycles. The lowest BCUT2D eigenvalue weighted by molar-refractivity contribution is -0.117. The van der Waals surface area contributed by atoms with Gasteiger partial charge in [0.2, 0.25) is 5.91 Å². The first-order valence-electron chi connectivity index (χ1n) is 7.67. The van der Waals surface area contributed by atoms with E-state index in [1.807, 2.05) is 0 Å². The van der Waals surface area contributed by atoms with E-state index in [4.69, 9.17) is 4.42 Å². The fraction of sp³-hybridized carbons (Fsp3) is 0.111. The number of nitrogens with one attached hydrogen (secondary N) is 1. The van der Waals surface area contributed by atoms with Gasteiger partial charge in [-0.25, -0.2) is 9.48 Å². The summed E-state index contributed by atoms with van der Waals surface area (Å²) in [5.74, 6) is -0.395. The smallest absolute Gasteiger partial charge is 0.337 e. The highest BCUT2D eigenvalue weighted by molar-refractivity contribution is 5.92. The molecule has 0 fully saturated rings. The molecule has 2 heterocycles. The number of nitrogens with zero attached hydrogens (tertiary/aromatic N) is 2. The lowest BCUT2D eigenvalue weighted by Crippen LogP contribution is -2.29. The number of esters is 1. The third-order valence-corrected chi connectivity index (χ3v) is 3.52. The summed E-state index contributed by atoms with van der Waals surface area (Å²) >= 11 is 0. The fourth-order valence-electron chi connectivity index (χ4n) is 2.26. The van der Waals surface area contributed by atoms with Crippen LogP contribution in [-0.2, 0) is 16.1 Å². The molecule has 1 N–H and O–H groups in total. The molecule has 0 saturated heterocycles. The number of amides is 1. The van der Waals surface area contributed by atoms with Gasteiger partial charge in [-0.3, -0.25) is 9.59 Å². The Labute approximate surface area is 148 Å². The van der Waals surface area contributed by atoms with Gasteiger partial charge in [0.15, 0.2) is 5.76 Å². The molecular formula is C18H15N3O5. The van der Waals surface area contributed by atoms with E-state index in [1.165, 1.54) is 37.6 Å². The van der Waals surface area contributed by atoms with Crippen LogP contribution in [0.1, 0.15) is 10.4 Å². The zero-order chi connectivity index (χ0) is 18.5. The highest BCUT2D eigenvalue weighted by atomic mass is 16.5. The van der Waals surface area contributed by atoms with Crippen molar-refractivity contribution < 1.29 is 18.7 Å². The number of hydrogen-bond acceptors (Lipinski definition) is 6. The van der Waals surface area contributed by atoms with Crippen molar-refractivity contribution in [2.75, 3.05) is 12.4 Å². The van der Waals surface area contributed by atoms with Crippen molar-refractivity contribution in [3.63, 3.8) is 0 Å². The molecule has 0 saturated carbocycles. The summed E-state index contributed by atoms with van der Waals surface area (Å²) in [5.41, 5.74) is 0.897. The molecule has 1 aromatic carbocycles. The van der Waals surface area contributed by atoms with Crippen molar-refractivity contribution >= 4 is 17.6 Å². The summed E-state index contributed by atoms with van der Waals surface area (Å²) in [6.45, 7) is -0.258. The van der Waals surface area contributed by atoms with Crippen LogP contribution in [0.15, 0.2) is 64.0 Å². The van der Waals surface area contributed by atoms with Crippen molar-refractivity contribution in [1.82, 2.24) is 9.78 Å². The van der Waals surface area contributed by atoms with E-state index in [9.17, 15) is 14.4 Å². The van der Waals surface area contributed by atoms with Gasteiger partial charge in [-0.2, -0.15) is 5.10 Å². The quantitative estimate of drug-likeness (QED) is 0.703. The molecule has 26 heavy (non-hydrogen) atoms. The second kappa shape index (κ2) is 7.47. The number of rotatable bonds is 5. The van der Waals surface area contributed by atoms with E-state index in [0.29, 0.717) is 22.7 Å². The first-order valence-corrected chi connectivity index (χ1v) is 7.67. The molecule has 0 radical (unpaired) electrons. The van der Waals surface area contributed by atoms with Gasteiger partial charge in [0.25, 0.3) is 5.56 Å². The van der Waals surface area contributed by atoms with Crippen LogP contribution >= 0.6 is 0 Å². The van der Waals surface area contributed by atoms with E-state index in [-0.39, 0.29) is 6.54 Å². The highest BCUT2D eigenvalue weighted by Crippen LogP contribution is 2.15. The third kappa shape index (κ3) is 3.86. The van der Waals surface area contributed by atoms with Gasteiger partial charge in [0, 0.05) is 11.8 Å². The monoisotopic (exact) mass is 353 g/mol. The molecule has 3 aromatic rings. The van der Waals surface area contributed by atoms with E-state index >= 15 is 0 Å². The molecule has 0 aliphatic heterocycles. The van der Waals surface area contributed by atoms with Gasteiger partial charge in [0.05, 0.1) is 18.9 Å². The molecular weight excluding hydrogens is 338 g/mol. The van der Waals surface area contributed by atoms with E-state index in [0.717, 1.165) is 4.68 Å². The summed E-state index contributed by atoms with van der Waals surface area (Å²) in [6.07, 6.45) is 1.50. The van der Waals surface area contributed by atoms with Crippen molar-refractivity contribution in [3.8, 4) is 11.5 Å². The first-order chi connectivity index (χ1) is 12.6. The van der Waals surface area contributed by atoms with E-state index in [1.54, 1.807) is 24.3 Å². The molecule has 0 unspecified atom stereocenters. The molecule has 0 bridgehead atoms. The van der Waals surface area contributed by atoms with Crippen LogP contribution in [0, 0.1) is 0 Å². The van der Waals surface area contributed by atoms with Gasteiger partial charge in [-0.15, -0.1) is 0 Å². The molecule has 0 atom stereocenters. The second-order valence-electron chi connectivity index (χ2n) is 5.31. The number of furan rings is 1. The summed E-state index contributed by atoms with van der Waals surface area (Å²) in [4.78, 5) is 35.5. The maximum atomic E-state index is 12.2. The molecule has 0 aliphatic carbocycles. The molecule has 0 spiro atoms. The number of carbonyl (C=O) groups excluding carboxylic acids is 2. The third-order valence-electron chi connectivity index (χ3n) is 3.52. The van der Waals surface area contributed by atoms with Gasteiger partial charge >= 0.3 is 5.97 Å². The van der Waals surface area contributed by atoms with E-state index in [2.05, 4.69) is 15.2 Å². The summed E-state index contributed by atoms with van der Waals surface area (Å²) in [5, 5.41) is 6.77. The number of carbonyl (C=O) groups is 2. The first kappa shape index (κ1) is 17.2. The fourth-order valence-corrected chi connectivity index (χ4v) is 2.26. The van der Waals surface area contributed by atoms with E-state index < -0.39 is 17.4 Å². The van der Waals surface area contributed by atoms with Crippen LogP contribution in [0.5, 0.6) is 0 Å². The van der Waals surface area contributed by atoms with Crippen LogP contribution in [-0.4, -0.2) is 28.8 Å². The number of methoxy groups -OCH3 is 1. The molecule has 1 amide bonds. The summed E-state index contributed by atoms with van der Waals surface area (Å²) < 4.78 is 10.9. The zero-order valence-electron chi connectivity index (χ0n) is 13.8. The lowest BCUT2D eigenvalue weighted by Gasteiger charge is -2.08. The minimum Gasteiger partial charge on any atom is -0.465 e. The highest BCUT2D eigenvalue weighted by Gasteiger charge is 2.10. The Kier molecular flexibility index (Phi) is 4.93. The van der Waals surface area contributed by atoms with Gasteiger partial charge in [0.1, 0.15) is 12.2 Å². The minimum absolute atomic E-state index is 0.258. The van der Waals surface area contributed by atoms with Crippen LogP contribution in [0.4, 0.5) is 5.69 Å². The topological polar surface area (TPSA) is 103 Å².